The summed E-state index contributed by atoms with van der Waals surface area (Å²) in [7, 11) is 1.59. The van der Waals surface area contributed by atoms with Crippen LogP contribution in [0.2, 0.25) is 0 Å². The number of rotatable bonds is 7. The number of nitrogens with zero attached hydrogens (tertiary/aromatic N) is 2. The predicted molar refractivity (Wildman–Crippen MR) is 104 cm³/mol. The van der Waals surface area contributed by atoms with Crippen molar-refractivity contribution in [2.24, 2.45) is 0 Å². The van der Waals surface area contributed by atoms with E-state index in [4.69, 9.17) is 9.47 Å². The maximum atomic E-state index is 14.2. The Morgan fingerprint density at radius 2 is 2.00 bits per heavy atom. The molecule has 3 aromatic rings. The molecule has 26 heavy (non-hydrogen) atoms. The number of hydrogen-bond acceptors (Lipinski definition) is 5. The molecule has 0 saturated heterocycles. The zero-order valence-electron chi connectivity index (χ0n) is 14.6. The normalized spacial score (nSPS) is 10.8. The van der Waals surface area contributed by atoms with E-state index in [9.17, 15) is 4.39 Å². The molecule has 2 aromatic carbocycles. The third-order valence-corrected chi connectivity index (χ3v) is 4.35. The molecule has 1 aromatic heterocycles. The molecule has 0 aliphatic rings. The third kappa shape index (κ3) is 4.04. The lowest BCUT2D eigenvalue weighted by Crippen LogP contribution is -2.01. The summed E-state index contributed by atoms with van der Waals surface area (Å²) in [5.41, 5.74) is 1.01. The fourth-order valence-electron chi connectivity index (χ4n) is 2.48. The van der Waals surface area contributed by atoms with Gasteiger partial charge in [-0.1, -0.05) is 29.3 Å². The summed E-state index contributed by atoms with van der Waals surface area (Å²) >= 11 is 3.25. The second-order valence-corrected chi connectivity index (χ2v) is 6.61. The van der Waals surface area contributed by atoms with Gasteiger partial charge in [-0.05, 0) is 30.7 Å². The molecule has 0 atom stereocenters. The van der Waals surface area contributed by atoms with Gasteiger partial charge in [0, 0.05) is 15.9 Å². The Bertz CT molecular complexity index is 921. The van der Waals surface area contributed by atoms with E-state index in [1.54, 1.807) is 25.3 Å². The first-order valence-electron chi connectivity index (χ1n) is 8.30. The van der Waals surface area contributed by atoms with Gasteiger partial charge in [-0.2, -0.15) is 0 Å². The van der Waals surface area contributed by atoms with E-state index < -0.39 is 0 Å². The van der Waals surface area contributed by atoms with Crippen LogP contribution in [0.15, 0.2) is 41.1 Å². The van der Waals surface area contributed by atoms with Gasteiger partial charge in [0.25, 0.3) is 0 Å². The molecule has 1 N–H and O–H groups in total. The number of methoxy groups -OCH3 is 1. The maximum Gasteiger partial charge on any atom is 0.162 e. The first-order valence-corrected chi connectivity index (χ1v) is 9.09. The summed E-state index contributed by atoms with van der Waals surface area (Å²) in [6.07, 6.45) is 3.41. The van der Waals surface area contributed by atoms with Crippen molar-refractivity contribution >= 4 is 38.3 Å². The van der Waals surface area contributed by atoms with E-state index in [1.807, 2.05) is 6.07 Å². The fourth-order valence-corrected chi connectivity index (χ4v) is 2.81. The average Bonchev–Trinajstić information content (AvgIpc) is 2.64. The molecule has 0 unspecified atom stereocenters. The van der Waals surface area contributed by atoms with Crippen LogP contribution in [-0.4, -0.2) is 23.7 Å². The molecule has 7 heteroatoms. The summed E-state index contributed by atoms with van der Waals surface area (Å²) in [4.78, 5) is 8.54. The van der Waals surface area contributed by atoms with Crippen LogP contribution in [0.1, 0.15) is 19.8 Å². The number of ether oxygens (including phenoxy) is 2. The summed E-state index contributed by atoms with van der Waals surface area (Å²) in [6.45, 7) is 2.69. The average molecular weight is 420 g/mol. The molecule has 5 nitrogen and oxygen atoms in total. The Balaban J connectivity index is 2.00. The minimum atomic E-state index is -0.376. The summed E-state index contributed by atoms with van der Waals surface area (Å²) < 4.78 is 26.1. The number of fused-ring (bicyclic) bond motifs is 1. The molecule has 3 rings (SSSR count). The molecular formula is C19H19BrFN3O2. The molecule has 0 spiro atoms. The Labute approximate surface area is 159 Å². The van der Waals surface area contributed by atoms with Crippen molar-refractivity contribution in [2.75, 3.05) is 19.0 Å². The lowest BCUT2D eigenvalue weighted by Gasteiger charge is -2.14. The topological polar surface area (TPSA) is 56.3 Å². The number of anilines is 2. The summed E-state index contributed by atoms with van der Waals surface area (Å²) in [5.74, 6) is 1.34. The van der Waals surface area contributed by atoms with E-state index in [-0.39, 0.29) is 5.82 Å². The number of nitrogens with one attached hydrogen (secondary N) is 1. The Hall–Kier alpha value is -2.41. The van der Waals surface area contributed by atoms with E-state index in [0.29, 0.717) is 39.6 Å². The van der Waals surface area contributed by atoms with Gasteiger partial charge in [-0.15, -0.1) is 0 Å². The van der Waals surface area contributed by atoms with Gasteiger partial charge in [-0.3, -0.25) is 0 Å². The highest BCUT2D eigenvalue weighted by Gasteiger charge is 2.13. The van der Waals surface area contributed by atoms with Crippen molar-refractivity contribution in [3.8, 4) is 11.5 Å². The van der Waals surface area contributed by atoms with Gasteiger partial charge in [0.1, 0.15) is 18.0 Å². The van der Waals surface area contributed by atoms with Crippen LogP contribution in [0.5, 0.6) is 11.5 Å². The quantitative estimate of drug-likeness (QED) is 0.515. The summed E-state index contributed by atoms with van der Waals surface area (Å²) in [6, 6.07) is 8.42. The molecule has 136 valence electrons. The lowest BCUT2D eigenvalue weighted by atomic mass is 10.2. The SMILES string of the molecule is CCCCOc1cc2c(Nc3ccc(Br)cc3F)ncnc2cc1OC. The minimum Gasteiger partial charge on any atom is -0.493 e. The molecule has 0 saturated carbocycles. The fraction of sp³-hybridized carbons (Fsp3) is 0.263. The van der Waals surface area contributed by atoms with Gasteiger partial charge in [0.2, 0.25) is 0 Å². The number of unbranched alkanes of at least 4 members (excludes halogenated alkanes) is 1. The number of benzene rings is 2. The van der Waals surface area contributed by atoms with Gasteiger partial charge < -0.3 is 14.8 Å². The zero-order chi connectivity index (χ0) is 18.5. The minimum absolute atomic E-state index is 0.331. The van der Waals surface area contributed by atoms with Crippen LogP contribution in [0, 0.1) is 5.82 Å². The number of aromatic nitrogens is 2. The largest absolute Gasteiger partial charge is 0.493 e. The highest BCUT2D eigenvalue weighted by molar-refractivity contribution is 9.10. The first kappa shape index (κ1) is 18.4. The molecule has 0 aliphatic carbocycles. The Kier molecular flexibility index (Phi) is 5.88. The van der Waals surface area contributed by atoms with Crippen LogP contribution in [0.4, 0.5) is 15.9 Å². The number of hydrogen-bond donors (Lipinski definition) is 1. The maximum absolute atomic E-state index is 14.2. The van der Waals surface area contributed by atoms with E-state index in [2.05, 4.69) is 38.1 Å². The van der Waals surface area contributed by atoms with Crippen LogP contribution in [0.3, 0.4) is 0 Å². The van der Waals surface area contributed by atoms with Gasteiger partial charge >= 0.3 is 0 Å². The van der Waals surface area contributed by atoms with E-state index in [0.717, 1.165) is 18.2 Å². The van der Waals surface area contributed by atoms with Crippen molar-refractivity contribution in [1.82, 2.24) is 9.97 Å². The van der Waals surface area contributed by atoms with Gasteiger partial charge in [-0.25, -0.2) is 14.4 Å². The molecule has 0 bridgehead atoms. The van der Waals surface area contributed by atoms with Crippen LogP contribution >= 0.6 is 15.9 Å². The van der Waals surface area contributed by atoms with E-state index >= 15 is 0 Å². The molecule has 0 fully saturated rings. The second kappa shape index (κ2) is 8.31. The Morgan fingerprint density at radius 3 is 2.73 bits per heavy atom. The molecule has 0 amide bonds. The molecule has 0 radical (unpaired) electrons. The zero-order valence-corrected chi connectivity index (χ0v) is 16.1. The summed E-state index contributed by atoms with van der Waals surface area (Å²) in [5, 5.41) is 3.76. The van der Waals surface area contributed by atoms with Crippen LogP contribution < -0.4 is 14.8 Å². The van der Waals surface area contributed by atoms with Crippen molar-refractivity contribution in [2.45, 2.75) is 19.8 Å². The van der Waals surface area contributed by atoms with Crippen molar-refractivity contribution in [1.29, 1.82) is 0 Å². The van der Waals surface area contributed by atoms with Gasteiger partial charge in [0.15, 0.2) is 11.5 Å². The highest BCUT2D eigenvalue weighted by atomic mass is 79.9. The van der Waals surface area contributed by atoms with Crippen molar-refractivity contribution in [3.05, 3.63) is 46.9 Å². The molecule has 1 heterocycles. The smallest absolute Gasteiger partial charge is 0.162 e. The third-order valence-electron chi connectivity index (χ3n) is 3.86. The van der Waals surface area contributed by atoms with Gasteiger partial charge in [0.05, 0.1) is 24.9 Å². The monoisotopic (exact) mass is 419 g/mol. The van der Waals surface area contributed by atoms with Crippen molar-refractivity contribution in [3.63, 3.8) is 0 Å². The highest BCUT2D eigenvalue weighted by Crippen LogP contribution is 2.35. The van der Waals surface area contributed by atoms with Crippen LogP contribution in [-0.2, 0) is 0 Å². The lowest BCUT2D eigenvalue weighted by molar-refractivity contribution is 0.289. The van der Waals surface area contributed by atoms with E-state index in [1.165, 1.54) is 12.4 Å². The Morgan fingerprint density at radius 1 is 1.15 bits per heavy atom. The molecular weight excluding hydrogens is 401 g/mol. The molecule has 0 aliphatic heterocycles. The first-order chi connectivity index (χ1) is 12.6. The van der Waals surface area contributed by atoms with Crippen LogP contribution in [0.25, 0.3) is 10.9 Å². The number of halogens is 2. The second-order valence-electron chi connectivity index (χ2n) is 5.69. The predicted octanol–water partition coefficient (Wildman–Crippen LogP) is 5.46. The van der Waals surface area contributed by atoms with Crippen molar-refractivity contribution < 1.29 is 13.9 Å². The standard InChI is InChI=1S/C19H19BrFN3O2/c1-3-4-7-26-18-9-13-16(10-17(18)25-2)22-11-23-19(13)24-15-6-5-12(20)8-14(15)21/h5-6,8-11H,3-4,7H2,1-2H3,(H,22,23,24).